The average molecular weight is 375 g/mol. The summed E-state index contributed by atoms with van der Waals surface area (Å²) in [5.74, 6) is 2.61. The number of amides is 1. The van der Waals surface area contributed by atoms with E-state index in [4.69, 9.17) is 0 Å². The van der Waals surface area contributed by atoms with Crippen LogP contribution in [0.2, 0.25) is 0 Å². The molecule has 0 aliphatic carbocycles. The Kier molecular flexibility index (Phi) is 5.10. The number of hydrogen-bond donors (Lipinski definition) is 1. The van der Waals surface area contributed by atoms with Gasteiger partial charge in [0.15, 0.2) is 0 Å². The number of nitrogens with one attached hydrogen (secondary N) is 1. The van der Waals surface area contributed by atoms with E-state index in [2.05, 4.69) is 26.3 Å². The molecule has 1 N–H and O–H groups in total. The van der Waals surface area contributed by atoms with E-state index in [1.807, 2.05) is 61.2 Å². The number of anilines is 2. The van der Waals surface area contributed by atoms with Crippen LogP contribution < -0.4 is 10.2 Å². The van der Waals surface area contributed by atoms with Crippen molar-refractivity contribution < 1.29 is 4.79 Å². The van der Waals surface area contributed by atoms with Crippen LogP contribution >= 0.6 is 0 Å². The molecule has 0 unspecified atom stereocenters. The van der Waals surface area contributed by atoms with Gasteiger partial charge in [0.2, 0.25) is 0 Å². The summed E-state index contributed by atoms with van der Waals surface area (Å²) in [5.41, 5.74) is 0.750. The fourth-order valence-corrected chi connectivity index (χ4v) is 3.63. The highest BCUT2D eigenvalue weighted by atomic mass is 16.2. The number of carbonyl (C=O) groups is 1. The molecule has 6 nitrogen and oxygen atoms in total. The van der Waals surface area contributed by atoms with Crippen molar-refractivity contribution in [2.24, 2.45) is 0 Å². The lowest BCUT2D eigenvalue weighted by Gasteiger charge is -2.35. The third-order valence-electron chi connectivity index (χ3n) is 5.07. The van der Waals surface area contributed by atoms with E-state index in [9.17, 15) is 4.79 Å². The van der Waals surface area contributed by atoms with Crippen LogP contribution in [0.4, 0.5) is 11.6 Å². The van der Waals surface area contributed by atoms with Gasteiger partial charge in [0, 0.05) is 44.4 Å². The Labute approximate surface area is 165 Å². The van der Waals surface area contributed by atoms with Crippen LogP contribution in [0.15, 0.2) is 48.5 Å². The molecule has 6 heteroatoms. The van der Waals surface area contributed by atoms with E-state index in [-0.39, 0.29) is 5.91 Å². The Morgan fingerprint density at radius 2 is 1.75 bits per heavy atom. The van der Waals surface area contributed by atoms with Gasteiger partial charge in [-0.1, -0.05) is 30.3 Å². The van der Waals surface area contributed by atoms with Crippen LogP contribution in [0.5, 0.6) is 0 Å². The average Bonchev–Trinajstić information content (AvgIpc) is 2.73. The molecule has 0 radical (unpaired) electrons. The largest absolute Gasteiger partial charge is 0.370 e. The second kappa shape index (κ2) is 7.84. The van der Waals surface area contributed by atoms with Gasteiger partial charge in [-0.05, 0) is 36.8 Å². The number of carbonyl (C=O) groups excluding carboxylic acids is 1. The van der Waals surface area contributed by atoms with Gasteiger partial charge in [-0.25, -0.2) is 9.97 Å². The van der Waals surface area contributed by atoms with Gasteiger partial charge in [-0.15, -0.1) is 0 Å². The van der Waals surface area contributed by atoms with Gasteiger partial charge in [0.1, 0.15) is 17.5 Å². The van der Waals surface area contributed by atoms with E-state index in [0.717, 1.165) is 53.4 Å². The van der Waals surface area contributed by atoms with Crippen LogP contribution in [0.25, 0.3) is 10.8 Å². The quantitative estimate of drug-likeness (QED) is 0.758. The van der Waals surface area contributed by atoms with Gasteiger partial charge in [0.05, 0.1) is 0 Å². The highest BCUT2D eigenvalue weighted by Crippen LogP contribution is 2.20. The first kappa shape index (κ1) is 18.2. The number of piperazine rings is 1. The monoisotopic (exact) mass is 375 g/mol. The van der Waals surface area contributed by atoms with Crippen molar-refractivity contribution in [1.29, 1.82) is 0 Å². The summed E-state index contributed by atoms with van der Waals surface area (Å²) in [6, 6.07) is 16.0. The number of nitrogens with zero attached hydrogens (tertiary/aromatic N) is 4. The molecule has 0 saturated carbocycles. The highest BCUT2D eigenvalue weighted by molar-refractivity contribution is 5.98. The third kappa shape index (κ3) is 3.76. The molecule has 1 aliphatic rings. The summed E-state index contributed by atoms with van der Waals surface area (Å²) in [7, 11) is 0. The highest BCUT2D eigenvalue weighted by Gasteiger charge is 2.23. The molecule has 4 rings (SSSR count). The van der Waals surface area contributed by atoms with E-state index in [1.165, 1.54) is 0 Å². The standard InChI is InChI=1S/C22H25N5O/c1-3-23-20-15-21(25-16(2)24-20)26-10-12-27(13-11-26)22(28)19-9-8-17-6-4-5-7-18(17)14-19/h4-9,14-15H,3,10-13H2,1-2H3,(H,23,24,25). The van der Waals surface area contributed by atoms with Crippen molar-refractivity contribution in [1.82, 2.24) is 14.9 Å². The van der Waals surface area contributed by atoms with Gasteiger partial charge in [0.25, 0.3) is 5.91 Å². The molecule has 0 bridgehead atoms. The second-order valence-corrected chi connectivity index (χ2v) is 7.03. The molecular weight excluding hydrogens is 350 g/mol. The number of benzene rings is 2. The molecule has 144 valence electrons. The van der Waals surface area contributed by atoms with E-state index in [1.54, 1.807) is 0 Å². The molecular formula is C22H25N5O. The van der Waals surface area contributed by atoms with E-state index < -0.39 is 0 Å². The zero-order valence-corrected chi connectivity index (χ0v) is 16.4. The minimum absolute atomic E-state index is 0.0950. The summed E-state index contributed by atoms with van der Waals surface area (Å²) in [5, 5.41) is 5.50. The lowest BCUT2D eigenvalue weighted by molar-refractivity contribution is 0.0746. The van der Waals surface area contributed by atoms with Crippen LogP contribution in [-0.4, -0.2) is 53.5 Å². The molecule has 0 spiro atoms. The van der Waals surface area contributed by atoms with Crippen LogP contribution in [0.1, 0.15) is 23.1 Å². The van der Waals surface area contributed by atoms with E-state index >= 15 is 0 Å². The van der Waals surface area contributed by atoms with Gasteiger partial charge in [-0.3, -0.25) is 4.79 Å². The molecule has 2 heterocycles. The lowest BCUT2D eigenvalue weighted by Crippen LogP contribution is -2.49. The molecule has 1 fully saturated rings. The zero-order valence-electron chi connectivity index (χ0n) is 16.4. The first-order valence-corrected chi connectivity index (χ1v) is 9.76. The van der Waals surface area contributed by atoms with Gasteiger partial charge >= 0.3 is 0 Å². The molecule has 2 aromatic carbocycles. The predicted octanol–water partition coefficient (Wildman–Crippen LogP) is 3.33. The fourth-order valence-electron chi connectivity index (χ4n) is 3.63. The Bertz CT molecular complexity index is 995. The van der Waals surface area contributed by atoms with Crippen molar-refractivity contribution in [2.45, 2.75) is 13.8 Å². The smallest absolute Gasteiger partial charge is 0.253 e. The van der Waals surface area contributed by atoms with Gasteiger partial charge in [-0.2, -0.15) is 0 Å². The third-order valence-corrected chi connectivity index (χ3v) is 5.07. The second-order valence-electron chi connectivity index (χ2n) is 7.03. The number of fused-ring (bicyclic) bond motifs is 1. The molecule has 1 aliphatic heterocycles. The van der Waals surface area contributed by atoms with Gasteiger partial charge < -0.3 is 15.1 Å². The molecule has 28 heavy (non-hydrogen) atoms. The SMILES string of the molecule is CCNc1cc(N2CCN(C(=O)c3ccc4ccccc4c3)CC2)nc(C)n1. The maximum atomic E-state index is 13.0. The topological polar surface area (TPSA) is 61.4 Å². The first-order chi connectivity index (χ1) is 13.6. The van der Waals surface area contributed by atoms with Crippen molar-refractivity contribution in [3.8, 4) is 0 Å². The number of aromatic nitrogens is 2. The number of rotatable bonds is 4. The van der Waals surface area contributed by atoms with Crippen LogP contribution in [0, 0.1) is 6.92 Å². The molecule has 1 amide bonds. The van der Waals surface area contributed by atoms with Crippen molar-refractivity contribution >= 4 is 28.3 Å². The Hall–Kier alpha value is -3.15. The molecule has 0 atom stereocenters. The summed E-state index contributed by atoms with van der Waals surface area (Å²) in [4.78, 5) is 26.1. The summed E-state index contributed by atoms with van der Waals surface area (Å²) in [6.07, 6.45) is 0. The minimum Gasteiger partial charge on any atom is -0.370 e. The fraction of sp³-hybridized carbons (Fsp3) is 0.318. The lowest BCUT2D eigenvalue weighted by atomic mass is 10.1. The maximum Gasteiger partial charge on any atom is 0.253 e. The molecule has 1 saturated heterocycles. The van der Waals surface area contributed by atoms with E-state index in [0.29, 0.717) is 13.1 Å². The van der Waals surface area contributed by atoms with Crippen molar-refractivity contribution in [2.75, 3.05) is 42.9 Å². The Balaban J connectivity index is 1.45. The van der Waals surface area contributed by atoms with Crippen molar-refractivity contribution in [3.63, 3.8) is 0 Å². The van der Waals surface area contributed by atoms with Crippen LogP contribution in [-0.2, 0) is 0 Å². The number of aryl methyl sites for hydroxylation is 1. The first-order valence-electron chi connectivity index (χ1n) is 9.76. The maximum absolute atomic E-state index is 13.0. The molecule has 3 aromatic rings. The Morgan fingerprint density at radius 1 is 1.00 bits per heavy atom. The summed E-state index contributed by atoms with van der Waals surface area (Å²) < 4.78 is 0. The minimum atomic E-state index is 0.0950. The van der Waals surface area contributed by atoms with Crippen LogP contribution in [0.3, 0.4) is 0 Å². The summed E-state index contributed by atoms with van der Waals surface area (Å²) >= 11 is 0. The van der Waals surface area contributed by atoms with Crippen molar-refractivity contribution in [3.05, 3.63) is 59.9 Å². The Morgan fingerprint density at radius 3 is 2.50 bits per heavy atom. The molecule has 1 aromatic heterocycles. The zero-order chi connectivity index (χ0) is 19.5. The summed E-state index contributed by atoms with van der Waals surface area (Å²) in [6.45, 7) is 7.68. The predicted molar refractivity (Wildman–Crippen MR) is 113 cm³/mol. The normalized spacial score (nSPS) is 14.4. The number of hydrogen-bond acceptors (Lipinski definition) is 5.